The highest BCUT2D eigenvalue weighted by Gasteiger charge is 2.03. The lowest BCUT2D eigenvalue weighted by Gasteiger charge is -2.05. The largest absolute Gasteiger partial charge is 0.452 e. The second-order valence-corrected chi connectivity index (χ2v) is 2.32. The predicted octanol–water partition coefficient (Wildman–Crippen LogP) is 1.40. The minimum Gasteiger partial charge on any atom is -0.452 e. The molecule has 1 atom stereocenters. The molecular formula is C7H14NO2. The van der Waals surface area contributed by atoms with E-state index in [9.17, 15) is 4.79 Å². The molecule has 0 aliphatic carbocycles. The average Bonchev–Trinajstić information content (AvgIpc) is 1.99. The van der Waals surface area contributed by atoms with Crippen LogP contribution in [0, 0.1) is 5.92 Å². The molecule has 0 fully saturated rings. The van der Waals surface area contributed by atoms with Crippen molar-refractivity contribution in [1.29, 1.82) is 0 Å². The van der Waals surface area contributed by atoms with E-state index in [0.717, 1.165) is 6.42 Å². The van der Waals surface area contributed by atoms with Crippen molar-refractivity contribution in [3.63, 3.8) is 0 Å². The van der Waals surface area contributed by atoms with Gasteiger partial charge in [-0.1, -0.05) is 20.3 Å². The van der Waals surface area contributed by atoms with Crippen molar-refractivity contribution < 1.29 is 9.53 Å². The first-order valence-electron chi connectivity index (χ1n) is 3.46. The molecule has 0 heterocycles. The van der Waals surface area contributed by atoms with Crippen molar-refractivity contribution in [2.75, 3.05) is 13.7 Å². The van der Waals surface area contributed by atoms with Crippen LogP contribution in [0.5, 0.6) is 0 Å². The number of carbonyl (C=O) groups excluding carboxylic acids is 1. The van der Waals surface area contributed by atoms with E-state index < -0.39 is 6.09 Å². The highest BCUT2D eigenvalue weighted by molar-refractivity contribution is 5.66. The molecule has 0 aliphatic rings. The predicted molar refractivity (Wildman–Crippen MR) is 38.9 cm³/mol. The molecule has 0 spiro atoms. The first-order valence-corrected chi connectivity index (χ1v) is 3.46. The topological polar surface area (TPSA) is 40.4 Å². The van der Waals surface area contributed by atoms with Crippen LogP contribution in [0.25, 0.3) is 0 Å². The summed E-state index contributed by atoms with van der Waals surface area (Å²) in [4.78, 5) is 10.4. The number of hydrogen-bond acceptors (Lipinski definition) is 2. The molecule has 1 unspecified atom stereocenters. The molecule has 0 bridgehead atoms. The third-order valence-electron chi connectivity index (χ3n) is 1.40. The van der Waals surface area contributed by atoms with Crippen LogP contribution >= 0.6 is 0 Å². The fourth-order valence-electron chi connectivity index (χ4n) is 0.424. The highest BCUT2D eigenvalue weighted by atomic mass is 16.5. The summed E-state index contributed by atoms with van der Waals surface area (Å²) >= 11 is 0. The molecule has 3 heteroatoms. The van der Waals surface area contributed by atoms with Gasteiger partial charge in [-0.15, -0.1) is 0 Å². The van der Waals surface area contributed by atoms with Gasteiger partial charge >= 0.3 is 6.09 Å². The Kier molecular flexibility index (Phi) is 4.72. The van der Waals surface area contributed by atoms with Crippen LogP contribution in [0.1, 0.15) is 20.3 Å². The lowest BCUT2D eigenvalue weighted by Crippen LogP contribution is -2.20. The number of methoxy groups -OCH3 is 1. The molecule has 0 aromatic heterocycles. The zero-order valence-corrected chi connectivity index (χ0v) is 6.76. The second-order valence-electron chi connectivity index (χ2n) is 2.32. The number of rotatable bonds is 3. The number of carbonyl (C=O) groups is 1. The molecule has 0 rings (SSSR count). The van der Waals surface area contributed by atoms with E-state index in [0.29, 0.717) is 12.5 Å². The Morgan fingerprint density at radius 2 is 2.30 bits per heavy atom. The molecule has 0 aromatic carbocycles. The minimum absolute atomic E-state index is 0.471. The molecule has 0 saturated heterocycles. The fourth-order valence-corrected chi connectivity index (χ4v) is 0.424. The van der Waals surface area contributed by atoms with Gasteiger partial charge in [-0.2, -0.15) is 0 Å². The van der Waals surface area contributed by atoms with E-state index in [-0.39, 0.29) is 0 Å². The van der Waals surface area contributed by atoms with Gasteiger partial charge in [0.25, 0.3) is 0 Å². The van der Waals surface area contributed by atoms with Crippen LogP contribution in [0.4, 0.5) is 4.79 Å². The van der Waals surface area contributed by atoms with Crippen molar-refractivity contribution in [3.05, 3.63) is 0 Å². The molecule has 59 valence electrons. The Morgan fingerprint density at radius 3 is 2.70 bits per heavy atom. The van der Waals surface area contributed by atoms with E-state index >= 15 is 0 Å². The summed E-state index contributed by atoms with van der Waals surface area (Å²) in [6.07, 6.45) is 0.570. The summed E-state index contributed by atoms with van der Waals surface area (Å²) in [7, 11) is 1.34. The maximum atomic E-state index is 10.4. The molecule has 1 radical (unpaired) electrons. The highest BCUT2D eigenvalue weighted by Crippen LogP contribution is 1.97. The Hall–Kier alpha value is -0.730. The van der Waals surface area contributed by atoms with Crippen LogP contribution in [0.2, 0.25) is 0 Å². The molecule has 0 saturated carbocycles. The number of ether oxygens (including phenoxy) is 1. The van der Waals surface area contributed by atoms with Gasteiger partial charge in [-0.25, -0.2) is 10.1 Å². The zero-order chi connectivity index (χ0) is 7.98. The van der Waals surface area contributed by atoms with Gasteiger partial charge in [0, 0.05) is 6.54 Å². The standard InChI is InChI=1S/C7H14NO2/c1-4-6(2)5-8-7(9)10-3/h6H,4-5H2,1-3H3. The van der Waals surface area contributed by atoms with Gasteiger partial charge in [0.05, 0.1) is 7.11 Å². The van der Waals surface area contributed by atoms with E-state index in [1.807, 2.05) is 6.92 Å². The van der Waals surface area contributed by atoms with Crippen LogP contribution in [-0.4, -0.2) is 19.7 Å². The lowest BCUT2D eigenvalue weighted by molar-refractivity contribution is 0.168. The maximum Gasteiger partial charge on any atom is 0.428 e. The summed E-state index contributed by atoms with van der Waals surface area (Å²) < 4.78 is 4.34. The summed E-state index contributed by atoms with van der Waals surface area (Å²) in [5.41, 5.74) is 0. The summed E-state index contributed by atoms with van der Waals surface area (Å²) in [6.45, 7) is 4.69. The molecule has 1 amide bonds. The normalized spacial score (nSPS) is 12.3. The quantitative estimate of drug-likeness (QED) is 0.600. The SMILES string of the molecule is CCC(C)C[N]C(=O)OC. The zero-order valence-electron chi connectivity index (χ0n) is 6.76. The van der Waals surface area contributed by atoms with Crippen LogP contribution in [0.3, 0.4) is 0 Å². The summed E-state index contributed by atoms with van der Waals surface area (Å²) in [5.74, 6) is 0.471. The Labute approximate surface area is 61.8 Å². The van der Waals surface area contributed by atoms with Gasteiger partial charge in [-0.3, -0.25) is 0 Å². The molecule has 0 aromatic rings. The third-order valence-corrected chi connectivity index (χ3v) is 1.40. The van der Waals surface area contributed by atoms with Gasteiger partial charge in [0.15, 0.2) is 0 Å². The van der Waals surface area contributed by atoms with Crippen molar-refractivity contribution in [3.8, 4) is 0 Å². The van der Waals surface area contributed by atoms with Crippen LogP contribution in [0.15, 0.2) is 0 Å². The van der Waals surface area contributed by atoms with E-state index in [2.05, 4.69) is 17.0 Å². The molecule has 0 N–H and O–H groups in total. The monoisotopic (exact) mass is 144 g/mol. The van der Waals surface area contributed by atoms with Crippen LogP contribution < -0.4 is 5.32 Å². The number of nitrogens with zero attached hydrogens (tertiary/aromatic N) is 1. The van der Waals surface area contributed by atoms with Gasteiger partial charge in [0.2, 0.25) is 0 Å². The summed E-state index contributed by atoms with van der Waals surface area (Å²) in [6, 6.07) is 0. The first-order chi connectivity index (χ1) is 4.70. The molecule has 3 nitrogen and oxygen atoms in total. The van der Waals surface area contributed by atoms with E-state index in [4.69, 9.17) is 0 Å². The smallest absolute Gasteiger partial charge is 0.428 e. The van der Waals surface area contributed by atoms with Crippen molar-refractivity contribution in [2.45, 2.75) is 20.3 Å². The molecule has 0 aliphatic heterocycles. The number of amides is 1. The molecule has 10 heavy (non-hydrogen) atoms. The van der Waals surface area contributed by atoms with E-state index in [1.165, 1.54) is 7.11 Å². The lowest BCUT2D eigenvalue weighted by atomic mass is 10.1. The van der Waals surface area contributed by atoms with Crippen LogP contribution in [-0.2, 0) is 4.74 Å². The third kappa shape index (κ3) is 4.18. The second kappa shape index (κ2) is 5.09. The van der Waals surface area contributed by atoms with Crippen molar-refractivity contribution in [2.24, 2.45) is 5.92 Å². The van der Waals surface area contributed by atoms with Crippen molar-refractivity contribution >= 4 is 6.09 Å². The first kappa shape index (κ1) is 9.27. The van der Waals surface area contributed by atoms with Gasteiger partial charge in [0.1, 0.15) is 0 Å². The Balaban J connectivity index is 3.26. The van der Waals surface area contributed by atoms with Crippen molar-refractivity contribution in [1.82, 2.24) is 5.32 Å². The minimum atomic E-state index is -0.472. The fraction of sp³-hybridized carbons (Fsp3) is 0.857. The molecular weight excluding hydrogens is 130 g/mol. The number of hydrogen-bond donors (Lipinski definition) is 0. The van der Waals surface area contributed by atoms with E-state index in [1.54, 1.807) is 0 Å². The average molecular weight is 144 g/mol. The summed E-state index contributed by atoms with van der Waals surface area (Å²) in [5, 5.41) is 3.65. The maximum absolute atomic E-state index is 10.4. The van der Waals surface area contributed by atoms with Gasteiger partial charge in [-0.05, 0) is 5.92 Å². The Bertz CT molecular complexity index is 104. The van der Waals surface area contributed by atoms with Gasteiger partial charge < -0.3 is 4.74 Å². The Morgan fingerprint density at radius 1 is 1.70 bits per heavy atom.